The van der Waals surface area contributed by atoms with Crippen LogP contribution in [0.5, 0.6) is 0 Å². The van der Waals surface area contributed by atoms with E-state index < -0.39 is 0 Å². The van der Waals surface area contributed by atoms with Gasteiger partial charge in [-0.3, -0.25) is 14.9 Å². The molecule has 90 valence electrons. The molecule has 3 N–H and O–H groups in total. The Kier molecular flexibility index (Phi) is 4.32. The van der Waals surface area contributed by atoms with Gasteiger partial charge >= 0.3 is 0 Å². The number of nitrogens with two attached hydrogens (primary N) is 1. The summed E-state index contributed by atoms with van der Waals surface area (Å²) in [4.78, 5) is 11.6. The average molecular weight is 245 g/mol. The molecule has 1 rings (SSSR count). The molecule has 0 aliphatic heterocycles. The van der Waals surface area contributed by atoms with E-state index in [2.05, 4.69) is 10.5 Å². The summed E-state index contributed by atoms with van der Waals surface area (Å²) >= 11 is 6.04. The minimum absolute atomic E-state index is 0.246. The van der Waals surface area contributed by atoms with Crippen LogP contribution in [0.4, 0.5) is 0 Å². The van der Waals surface area contributed by atoms with Crippen molar-refractivity contribution in [3.8, 4) is 0 Å². The van der Waals surface area contributed by atoms with E-state index in [1.165, 1.54) is 0 Å². The number of carbonyl (C=O) groups excluding carboxylic acids is 1. The van der Waals surface area contributed by atoms with Crippen molar-refractivity contribution in [2.45, 2.75) is 39.7 Å². The highest BCUT2D eigenvalue weighted by Crippen LogP contribution is 2.24. The van der Waals surface area contributed by atoms with E-state index in [9.17, 15) is 4.79 Å². The lowest BCUT2D eigenvalue weighted by Crippen LogP contribution is -2.37. The molecule has 1 heterocycles. The summed E-state index contributed by atoms with van der Waals surface area (Å²) in [6.45, 7) is 5.66. The summed E-state index contributed by atoms with van der Waals surface area (Å²) in [5, 5.41) is 4.87. The molecule has 0 bridgehead atoms. The number of hydrogen-bond acceptors (Lipinski definition) is 3. The van der Waals surface area contributed by atoms with Gasteiger partial charge < -0.3 is 0 Å². The number of hydrogen-bond donors (Lipinski definition) is 2. The molecule has 0 fully saturated rings. The van der Waals surface area contributed by atoms with Crippen molar-refractivity contribution in [1.29, 1.82) is 0 Å². The zero-order valence-electron chi connectivity index (χ0n) is 9.75. The molecule has 6 heteroatoms. The molecular weight excluding hydrogens is 228 g/mol. The molecule has 5 nitrogen and oxygen atoms in total. The number of aryl methyl sites for hydroxylation is 1. The monoisotopic (exact) mass is 244 g/mol. The van der Waals surface area contributed by atoms with Crippen LogP contribution < -0.4 is 11.3 Å². The van der Waals surface area contributed by atoms with Crippen molar-refractivity contribution < 1.29 is 4.79 Å². The fourth-order valence-electron chi connectivity index (χ4n) is 1.68. The van der Waals surface area contributed by atoms with Crippen molar-refractivity contribution in [2.75, 3.05) is 0 Å². The molecule has 1 amide bonds. The molecule has 1 aromatic rings. The van der Waals surface area contributed by atoms with Crippen LogP contribution in [0.2, 0.25) is 5.02 Å². The molecular formula is C10H17ClN4O. The van der Waals surface area contributed by atoms with Gasteiger partial charge in [-0.05, 0) is 20.3 Å². The molecule has 0 aromatic carbocycles. The first-order valence-corrected chi connectivity index (χ1v) is 5.62. The van der Waals surface area contributed by atoms with Crippen LogP contribution in [0, 0.1) is 13.8 Å². The van der Waals surface area contributed by atoms with E-state index >= 15 is 0 Å². The summed E-state index contributed by atoms with van der Waals surface area (Å²) < 4.78 is 1.64. The van der Waals surface area contributed by atoms with Crippen molar-refractivity contribution in [2.24, 2.45) is 5.84 Å². The smallest absolute Gasteiger partial charge is 0.258 e. The Hall–Kier alpha value is -1.07. The van der Waals surface area contributed by atoms with Crippen LogP contribution in [-0.4, -0.2) is 15.7 Å². The van der Waals surface area contributed by atoms with Gasteiger partial charge in [0.2, 0.25) is 0 Å². The Morgan fingerprint density at radius 2 is 2.25 bits per heavy atom. The van der Waals surface area contributed by atoms with E-state index in [1.807, 2.05) is 20.8 Å². The topological polar surface area (TPSA) is 72.9 Å². The predicted octanol–water partition coefficient (Wildman–Crippen LogP) is 1.48. The molecule has 0 radical (unpaired) electrons. The standard InChI is InChI=1S/C10H17ClN4O/c1-4-5-8(10(16)13-12)15-7(3)9(11)6(2)14-15/h8H,4-5,12H2,1-3H3,(H,13,16). The number of carbonyl (C=O) groups is 1. The highest BCUT2D eigenvalue weighted by molar-refractivity contribution is 6.31. The number of nitrogens with zero attached hydrogens (tertiary/aromatic N) is 2. The molecule has 1 atom stereocenters. The Morgan fingerprint density at radius 3 is 2.62 bits per heavy atom. The first-order chi connectivity index (χ1) is 7.52. The van der Waals surface area contributed by atoms with Crippen LogP contribution in [0.15, 0.2) is 0 Å². The summed E-state index contributed by atoms with van der Waals surface area (Å²) in [5.41, 5.74) is 3.68. The molecule has 16 heavy (non-hydrogen) atoms. The summed E-state index contributed by atoms with van der Waals surface area (Å²) in [5.74, 6) is 4.92. The number of rotatable bonds is 4. The van der Waals surface area contributed by atoms with Gasteiger partial charge in [-0.1, -0.05) is 24.9 Å². The third-order valence-electron chi connectivity index (χ3n) is 2.54. The van der Waals surface area contributed by atoms with Gasteiger partial charge in [0.15, 0.2) is 0 Å². The lowest BCUT2D eigenvalue weighted by molar-refractivity contribution is -0.124. The third-order valence-corrected chi connectivity index (χ3v) is 3.09. The maximum Gasteiger partial charge on any atom is 0.258 e. The lowest BCUT2D eigenvalue weighted by atomic mass is 10.1. The van der Waals surface area contributed by atoms with Gasteiger partial charge in [0.1, 0.15) is 6.04 Å². The zero-order chi connectivity index (χ0) is 12.3. The first kappa shape index (κ1) is 13.0. The van der Waals surface area contributed by atoms with E-state index in [0.717, 1.165) is 17.8 Å². The fourth-order valence-corrected chi connectivity index (χ4v) is 1.80. The van der Waals surface area contributed by atoms with Gasteiger partial charge in [0.25, 0.3) is 5.91 Å². The Bertz CT molecular complexity index is 388. The zero-order valence-corrected chi connectivity index (χ0v) is 10.5. The predicted molar refractivity (Wildman–Crippen MR) is 63.0 cm³/mol. The van der Waals surface area contributed by atoms with Gasteiger partial charge in [-0.15, -0.1) is 0 Å². The number of aromatic nitrogens is 2. The van der Waals surface area contributed by atoms with E-state index in [-0.39, 0.29) is 11.9 Å². The largest absolute Gasteiger partial charge is 0.292 e. The molecule has 1 unspecified atom stereocenters. The maximum atomic E-state index is 11.6. The van der Waals surface area contributed by atoms with Crippen LogP contribution in [-0.2, 0) is 4.79 Å². The van der Waals surface area contributed by atoms with Crippen molar-refractivity contribution in [3.63, 3.8) is 0 Å². The van der Waals surface area contributed by atoms with Crippen LogP contribution in [0.25, 0.3) is 0 Å². The van der Waals surface area contributed by atoms with E-state index in [4.69, 9.17) is 17.4 Å². The SMILES string of the molecule is CCCC(C(=O)NN)n1nc(C)c(Cl)c1C. The molecule has 0 aliphatic carbocycles. The van der Waals surface area contributed by atoms with Crippen molar-refractivity contribution in [1.82, 2.24) is 15.2 Å². The summed E-state index contributed by atoms with van der Waals surface area (Å²) in [6.07, 6.45) is 1.55. The second-order valence-corrected chi connectivity index (χ2v) is 4.12. The second-order valence-electron chi connectivity index (χ2n) is 3.74. The highest BCUT2D eigenvalue weighted by atomic mass is 35.5. The van der Waals surface area contributed by atoms with Crippen molar-refractivity contribution in [3.05, 3.63) is 16.4 Å². The van der Waals surface area contributed by atoms with Gasteiger partial charge in [-0.2, -0.15) is 5.10 Å². The summed E-state index contributed by atoms with van der Waals surface area (Å²) in [7, 11) is 0. The van der Waals surface area contributed by atoms with Crippen LogP contribution >= 0.6 is 11.6 Å². The van der Waals surface area contributed by atoms with E-state index in [1.54, 1.807) is 4.68 Å². The Labute approximate surface area is 99.9 Å². The van der Waals surface area contributed by atoms with Gasteiger partial charge in [-0.25, -0.2) is 5.84 Å². The molecule has 0 aliphatic rings. The molecule has 0 saturated heterocycles. The van der Waals surface area contributed by atoms with Gasteiger partial charge in [0.05, 0.1) is 16.4 Å². The van der Waals surface area contributed by atoms with Crippen LogP contribution in [0.1, 0.15) is 37.2 Å². The average Bonchev–Trinajstić information content (AvgIpc) is 2.53. The van der Waals surface area contributed by atoms with Crippen LogP contribution in [0.3, 0.4) is 0 Å². The normalized spacial score (nSPS) is 12.6. The Balaban J connectivity index is 3.10. The van der Waals surface area contributed by atoms with E-state index in [0.29, 0.717) is 11.4 Å². The number of halogens is 1. The minimum Gasteiger partial charge on any atom is -0.292 e. The number of nitrogens with one attached hydrogen (secondary N) is 1. The van der Waals surface area contributed by atoms with Crippen molar-refractivity contribution >= 4 is 17.5 Å². The highest BCUT2D eigenvalue weighted by Gasteiger charge is 2.23. The third kappa shape index (κ3) is 2.36. The number of amides is 1. The lowest BCUT2D eigenvalue weighted by Gasteiger charge is -2.16. The maximum absolute atomic E-state index is 11.6. The Morgan fingerprint density at radius 1 is 1.62 bits per heavy atom. The van der Waals surface area contributed by atoms with Gasteiger partial charge in [0, 0.05) is 0 Å². The fraction of sp³-hybridized carbons (Fsp3) is 0.600. The molecule has 1 aromatic heterocycles. The molecule has 0 saturated carbocycles. The minimum atomic E-state index is -0.388. The number of hydrazine groups is 1. The quantitative estimate of drug-likeness (QED) is 0.479. The first-order valence-electron chi connectivity index (χ1n) is 5.24. The second kappa shape index (κ2) is 5.32. The summed E-state index contributed by atoms with van der Waals surface area (Å²) in [6, 6.07) is -0.388. The molecule has 0 spiro atoms.